The van der Waals surface area contributed by atoms with Gasteiger partial charge in [-0.3, -0.25) is 4.79 Å². The Balaban J connectivity index is 2.86. The smallest absolute Gasteiger partial charge is 0.311 e. The second-order valence-corrected chi connectivity index (χ2v) is 3.89. The third-order valence-electron chi connectivity index (χ3n) is 2.74. The third-order valence-corrected chi connectivity index (χ3v) is 2.74. The van der Waals surface area contributed by atoms with E-state index in [-0.39, 0.29) is 5.97 Å². The van der Waals surface area contributed by atoms with E-state index in [4.69, 9.17) is 0 Å². The average molecular weight is 222 g/mol. The molecular formula is C13H18O3. The number of carbonyl (C=O) groups excluding carboxylic acids is 1. The number of benzene rings is 1. The van der Waals surface area contributed by atoms with Crippen LogP contribution in [-0.4, -0.2) is 18.2 Å². The van der Waals surface area contributed by atoms with E-state index >= 15 is 0 Å². The summed E-state index contributed by atoms with van der Waals surface area (Å²) in [4.78, 5) is 11.4. The van der Waals surface area contributed by atoms with Crippen molar-refractivity contribution in [2.24, 2.45) is 5.92 Å². The molecule has 16 heavy (non-hydrogen) atoms. The van der Waals surface area contributed by atoms with Crippen molar-refractivity contribution in [2.45, 2.75) is 26.4 Å². The zero-order chi connectivity index (χ0) is 12.1. The number of aliphatic hydroxyl groups excluding tert-OH is 1. The van der Waals surface area contributed by atoms with Gasteiger partial charge in [0.1, 0.15) is 0 Å². The Kier molecular flexibility index (Phi) is 4.50. The zero-order valence-corrected chi connectivity index (χ0v) is 9.93. The Morgan fingerprint density at radius 3 is 2.38 bits per heavy atom. The van der Waals surface area contributed by atoms with Gasteiger partial charge in [-0.15, -0.1) is 0 Å². The van der Waals surface area contributed by atoms with Crippen LogP contribution in [0, 0.1) is 12.8 Å². The molecule has 3 heteroatoms. The number of aryl methyl sites for hydroxylation is 1. The first-order valence-electron chi connectivity index (χ1n) is 5.42. The largest absolute Gasteiger partial charge is 0.469 e. The first-order valence-corrected chi connectivity index (χ1v) is 5.42. The molecule has 0 fully saturated rings. The van der Waals surface area contributed by atoms with E-state index in [0.717, 1.165) is 11.1 Å². The molecule has 0 aliphatic rings. The second-order valence-electron chi connectivity index (χ2n) is 3.89. The minimum absolute atomic E-state index is 0.365. The first-order chi connectivity index (χ1) is 7.60. The van der Waals surface area contributed by atoms with Crippen LogP contribution in [-0.2, 0) is 9.53 Å². The lowest BCUT2D eigenvalue weighted by Crippen LogP contribution is -2.22. The quantitative estimate of drug-likeness (QED) is 0.795. The second kappa shape index (κ2) is 5.66. The molecule has 0 bridgehead atoms. The topological polar surface area (TPSA) is 46.5 Å². The van der Waals surface area contributed by atoms with E-state index in [1.165, 1.54) is 7.11 Å². The molecule has 1 aromatic carbocycles. The fraction of sp³-hybridized carbons (Fsp3) is 0.462. The van der Waals surface area contributed by atoms with Crippen LogP contribution in [0.2, 0.25) is 0 Å². The minimum Gasteiger partial charge on any atom is -0.469 e. The van der Waals surface area contributed by atoms with E-state index < -0.39 is 12.0 Å². The lowest BCUT2D eigenvalue weighted by atomic mass is 9.93. The van der Waals surface area contributed by atoms with Gasteiger partial charge in [-0.05, 0) is 18.9 Å². The van der Waals surface area contributed by atoms with Gasteiger partial charge in [0.2, 0.25) is 0 Å². The summed E-state index contributed by atoms with van der Waals surface area (Å²) < 4.78 is 4.67. The molecule has 0 aliphatic heterocycles. The summed E-state index contributed by atoms with van der Waals surface area (Å²) in [7, 11) is 1.34. The Morgan fingerprint density at radius 1 is 1.38 bits per heavy atom. The average Bonchev–Trinajstić information content (AvgIpc) is 2.30. The highest BCUT2D eigenvalue weighted by Gasteiger charge is 2.26. The maximum absolute atomic E-state index is 11.4. The van der Waals surface area contributed by atoms with Crippen LogP contribution in [0.5, 0.6) is 0 Å². The molecule has 1 N–H and O–H groups in total. The lowest BCUT2D eigenvalue weighted by molar-refractivity contribution is -0.149. The third kappa shape index (κ3) is 2.83. The van der Waals surface area contributed by atoms with Crippen LogP contribution in [0.4, 0.5) is 0 Å². The molecule has 88 valence electrons. The van der Waals surface area contributed by atoms with E-state index in [0.29, 0.717) is 6.42 Å². The van der Waals surface area contributed by atoms with Crippen LogP contribution in [0.25, 0.3) is 0 Å². The highest BCUT2D eigenvalue weighted by molar-refractivity contribution is 5.73. The number of methoxy groups -OCH3 is 1. The molecule has 0 spiro atoms. The number of esters is 1. The maximum atomic E-state index is 11.4. The van der Waals surface area contributed by atoms with Gasteiger partial charge in [-0.2, -0.15) is 0 Å². The number of aliphatic hydroxyl groups is 1. The van der Waals surface area contributed by atoms with Gasteiger partial charge >= 0.3 is 5.97 Å². The SMILES string of the molecule is CCC(C(=O)OC)C(O)c1ccc(C)cc1. The van der Waals surface area contributed by atoms with Gasteiger partial charge in [0, 0.05) is 0 Å². The number of rotatable bonds is 4. The molecule has 0 saturated carbocycles. The normalized spacial score (nSPS) is 14.2. The molecular weight excluding hydrogens is 204 g/mol. The zero-order valence-electron chi connectivity index (χ0n) is 9.93. The molecule has 2 atom stereocenters. The minimum atomic E-state index is -0.793. The van der Waals surface area contributed by atoms with Crippen molar-refractivity contribution in [2.75, 3.05) is 7.11 Å². The van der Waals surface area contributed by atoms with Crippen molar-refractivity contribution in [1.29, 1.82) is 0 Å². The van der Waals surface area contributed by atoms with Crippen LogP contribution in [0.3, 0.4) is 0 Å². The number of ether oxygens (including phenoxy) is 1. The summed E-state index contributed by atoms with van der Waals surface area (Å²) in [6, 6.07) is 7.52. The maximum Gasteiger partial charge on any atom is 0.311 e. The van der Waals surface area contributed by atoms with Crippen molar-refractivity contribution in [3.63, 3.8) is 0 Å². The molecule has 0 radical (unpaired) electrons. The Hall–Kier alpha value is -1.35. The molecule has 1 rings (SSSR count). The predicted octanol–water partition coefficient (Wildman–Crippen LogP) is 2.23. The first kappa shape index (κ1) is 12.7. The lowest BCUT2D eigenvalue weighted by Gasteiger charge is -2.19. The Bertz CT molecular complexity index is 343. The summed E-state index contributed by atoms with van der Waals surface area (Å²) in [6.07, 6.45) is -0.236. The number of hydrogen-bond acceptors (Lipinski definition) is 3. The van der Waals surface area contributed by atoms with Crippen molar-refractivity contribution in [3.05, 3.63) is 35.4 Å². The molecule has 0 saturated heterocycles. The number of hydrogen-bond donors (Lipinski definition) is 1. The van der Waals surface area contributed by atoms with Crippen molar-refractivity contribution < 1.29 is 14.6 Å². The van der Waals surface area contributed by atoms with Crippen LogP contribution in [0.1, 0.15) is 30.6 Å². The van der Waals surface area contributed by atoms with Gasteiger partial charge in [-0.25, -0.2) is 0 Å². The predicted molar refractivity (Wildman–Crippen MR) is 61.9 cm³/mol. The molecule has 0 aromatic heterocycles. The molecule has 0 heterocycles. The van der Waals surface area contributed by atoms with E-state index in [1.54, 1.807) is 0 Å². The summed E-state index contributed by atoms with van der Waals surface area (Å²) in [5, 5.41) is 10.1. The fourth-order valence-corrected chi connectivity index (χ4v) is 1.67. The monoisotopic (exact) mass is 222 g/mol. The summed E-state index contributed by atoms with van der Waals surface area (Å²) in [5.41, 5.74) is 1.88. The van der Waals surface area contributed by atoms with E-state index in [1.807, 2.05) is 38.1 Å². The molecule has 0 amide bonds. The van der Waals surface area contributed by atoms with Crippen LogP contribution >= 0.6 is 0 Å². The standard InChI is InChI=1S/C13H18O3/c1-4-11(13(15)16-3)12(14)10-7-5-9(2)6-8-10/h5-8,11-12,14H,4H2,1-3H3. The van der Waals surface area contributed by atoms with Crippen LogP contribution in [0.15, 0.2) is 24.3 Å². The van der Waals surface area contributed by atoms with Gasteiger partial charge in [0.15, 0.2) is 0 Å². The fourth-order valence-electron chi connectivity index (χ4n) is 1.67. The Labute approximate surface area is 96.1 Å². The summed E-state index contributed by atoms with van der Waals surface area (Å²) >= 11 is 0. The highest BCUT2D eigenvalue weighted by atomic mass is 16.5. The van der Waals surface area contributed by atoms with Gasteiger partial charge in [0.05, 0.1) is 19.1 Å². The molecule has 1 aromatic rings. The molecule has 2 unspecified atom stereocenters. The Morgan fingerprint density at radius 2 is 1.94 bits per heavy atom. The summed E-state index contributed by atoms with van der Waals surface area (Å²) in [5.74, 6) is -0.858. The highest BCUT2D eigenvalue weighted by Crippen LogP contribution is 2.25. The van der Waals surface area contributed by atoms with Gasteiger partial charge < -0.3 is 9.84 Å². The van der Waals surface area contributed by atoms with Gasteiger partial charge in [0.25, 0.3) is 0 Å². The van der Waals surface area contributed by atoms with E-state index in [9.17, 15) is 9.90 Å². The van der Waals surface area contributed by atoms with Crippen molar-refractivity contribution in [3.8, 4) is 0 Å². The van der Waals surface area contributed by atoms with Gasteiger partial charge in [-0.1, -0.05) is 36.8 Å². The van der Waals surface area contributed by atoms with Crippen LogP contribution < -0.4 is 0 Å². The van der Waals surface area contributed by atoms with Crippen molar-refractivity contribution in [1.82, 2.24) is 0 Å². The molecule has 0 aliphatic carbocycles. The summed E-state index contributed by atoms with van der Waals surface area (Å²) in [6.45, 7) is 3.84. The number of carbonyl (C=O) groups is 1. The van der Waals surface area contributed by atoms with Crippen molar-refractivity contribution >= 4 is 5.97 Å². The van der Waals surface area contributed by atoms with E-state index in [2.05, 4.69) is 4.74 Å². The molecule has 3 nitrogen and oxygen atoms in total.